The molecule has 0 aliphatic heterocycles. The summed E-state index contributed by atoms with van der Waals surface area (Å²) in [5.74, 6) is 0. The van der Waals surface area contributed by atoms with Crippen LogP contribution < -0.4 is 10.6 Å². The summed E-state index contributed by atoms with van der Waals surface area (Å²) in [5.41, 5.74) is 0. The molecule has 0 saturated heterocycles. The molecule has 82 valence electrons. The van der Waals surface area contributed by atoms with Gasteiger partial charge < -0.3 is 10.6 Å². The van der Waals surface area contributed by atoms with Gasteiger partial charge in [-0.2, -0.15) is 0 Å². The number of nitrogens with one attached hydrogen (secondary N) is 2. The number of rotatable bonds is 9. The summed E-state index contributed by atoms with van der Waals surface area (Å²) in [6, 6.07) is 0. The summed E-state index contributed by atoms with van der Waals surface area (Å²) >= 11 is 0. The minimum atomic E-state index is 1.10. The molecule has 0 fully saturated rings. The molecule has 0 heterocycles. The van der Waals surface area contributed by atoms with Crippen LogP contribution >= 0.6 is 0 Å². The Morgan fingerprint density at radius 1 is 0.714 bits per heavy atom. The zero-order valence-electron chi connectivity index (χ0n) is 9.55. The molecule has 0 aromatic carbocycles. The van der Waals surface area contributed by atoms with Crippen molar-refractivity contribution in [3.8, 4) is 0 Å². The van der Waals surface area contributed by atoms with E-state index in [-0.39, 0.29) is 0 Å². The van der Waals surface area contributed by atoms with Gasteiger partial charge in [-0.1, -0.05) is 25.0 Å². The van der Waals surface area contributed by atoms with Gasteiger partial charge >= 0.3 is 0 Å². The van der Waals surface area contributed by atoms with Crippen LogP contribution in [0.15, 0.2) is 24.6 Å². The zero-order valence-corrected chi connectivity index (χ0v) is 9.55. The van der Waals surface area contributed by atoms with Crippen molar-refractivity contribution in [3.63, 3.8) is 0 Å². The molecule has 0 unspecified atom stereocenters. The quantitative estimate of drug-likeness (QED) is 0.554. The van der Waals surface area contributed by atoms with Gasteiger partial charge in [0.1, 0.15) is 0 Å². The van der Waals surface area contributed by atoms with Gasteiger partial charge in [0.15, 0.2) is 0 Å². The van der Waals surface area contributed by atoms with Gasteiger partial charge in [-0.05, 0) is 39.1 Å². The van der Waals surface area contributed by atoms with E-state index in [0.717, 1.165) is 13.1 Å². The smallest absolute Gasteiger partial charge is 0.0141 e. The lowest BCUT2D eigenvalue weighted by Gasteiger charge is -2.02. The fraction of sp³-hybridized carbons (Fsp3) is 0.667. The summed E-state index contributed by atoms with van der Waals surface area (Å²) in [7, 11) is 0. The number of hydrogen-bond acceptors (Lipinski definition) is 2. The van der Waals surface area contributed by atoms with Crippen LogP contribution in [0.25, 0.3) is 0 Å². The van der Waals surface area contributed by atoms with E-state index in [4.69, 9.17) is 0 Å². The molecule has 0 radical (unpaired) electrons. The molecule has 0 rings (SSSR count). The lowest BCUT2D eigenvalue weighted by Crippen LogP contribution is -2.08. The topological polar surface area (TPSA) is 24.1 Å². The lowest BCUT2D eigenvalue weighted by atomic mass is 10.2. The van der Waals surface area contributed by atoms with E-state index in [1.165, 1.54) is 25.7 Å². The zero-order chi connectivity index (χ0) is 10.5. The molecule has 0 aliphatic carbocycles. The van der Waals surface area contributed by atoms with Crippen molar-refractivity contribution >= 4 is 0 Å². The Hall–Kier alpha value is -0.920. The van der Waals surface area contributed by atoms with Crippen LogP contribution in [0.2, 0.25) is 0 Å². The molecule has 2 N–H and O–H groups in total. The normalized spacial score (nSPS) is 11.3. The first-order valence-electron chi connectivity index (χ1n) is 5.61. The summed E-state index contributed by atoms with van der Waals surface area (Å²) in [6.07, 6.45) is 13.3. The van der Waals surface area contributed by atoms with Crippen LogP contribution in [-0.4, -0.2) is 13.1 Å². The third-order valence-corrected chi connectivity index (χ3v) is 1.96. The second-order valence-electron chi connectivity index (χ2n) is 3.32. The molecular weight excluding hydrogens is 172 g/mol. The molecule has 2 heteroatoms. The minimum absolute atomic E-state index is 1.10. The number of unbranched alkanes of at least 4 members (excludes halogenated alkanes) is 3. The highest BCUT2D eigenvalue weighted by Gasteiger charge is 1.87. The van der Waals surface area contributed by atoms with Crippen LogP contribution in [0.3, 0.4) is 0 Å². The van der Waals surface area contributed by atoms with Crippen molar-refractivity contribution in [1.29, 1.82) is 0 Å². The molecule has 0 atom stereocenters. The van der Waals surface area contributed by atoms with Crippen LogP contribution in [0.5, 0.6) is 0 Å². The lowest BCUT2D eigenvalue weighted by molar-refractivity contribution is 0.613. The predicted octanol–water partition coefficient (Wildman–Crippen LogP) is 2.79. The van der Waals surface area contributed by atoms with Crippen LogP contribution in [0.4, 0.5) is 0 Å². The molecule has 2 nitrogen and oxygen atoms in total. The first-order valence-corrected chi connectivity index (χ1v) is 5.61. The molecular formula is C12H24N2. The standard InChI is InChI=1S/C12H24N2/c1-3-9-13-11-7-5-6-8-12-14-10-4-2/h3-4,9-10,13-14H,5-8,11-12H2,1-2H3. The van der Waals surface area contributed by atoms with Crippen molar-refractivity contribution in [2.24, 2.45) is 0 Å². The maximum atomic E-state index is 3.24. The van der Waals surface area contributed by atoms with Gasteiger partial charge in [-0.25, -0.2) is 0 Å². The minimum Gasteiger partial charge on any atom is -0.391 e. The third kappa shape index (κ3) is 11.1. The number of hydrogen-bond donors (Lipinski definition) is 2. The van der Waals surface area contributed by atoms with Gasteiger partial charge in [0.05, 0.1) is 0 Å². The molecule has 0 aromatic rings. The van der Waals surface area contributed by atoms with E-state index in [0.29, 0.717) is 0 Å². The SMILES string of the molecule is CC=CNCCCCCCNC=CC. The van der Waals surface area contributed by atoms with Gasteiger partial charge in [-0.15, -0.1) is 0 Å². The fourth-order valence-corrected chi connectivity index (χ4v) is 1.21. The summed E-state index contributed by atoms with van der Waals surface area (Å²) < 4.78 is 0. The van der Waals surface area contributed by atoms with E-state index in [2.05, 4.69) is 10.6 Å². The van der Waals surface area contributed by atoms with Crippen molar-refractivity contribution in [2.75, 3.05) is 13.1 Å². The molecule has 0 aliphatic rings. The Bertz CT molecular complexity index is 132. The highest BCUT2D eigenvalue weighted by molar-refractivity contribution is 4.74. The maximum absolute atomic E-state index is 3.24. The average molecular weight is 196 g/mol. The Morgan fingerprint density at radius 2 is 1.14 bits per heavy atom. The average Bonchev–Trinajstić information content (AvgIpc) is 2.21. The van der Waals surface area contributed by atoms with Gasteiger partial charge in [0.25, 0.3) is 0 Å². The van der Waals surface area contributed by atoms with Crippen molar-refractivity contribution in [2.45, 2.75) is 39.5 Å². The van der Waals surface area contributed by atoms with Gasteiger partial charge in [-0.3, -0.25) is 0 Å². The highest BCUT2D eigenvalue weighted by atomic mass is 14.8. The fourth-order valence-electron chi connectivity index (χ4n) is 1.21. The van der Waals surface area contributed by atoms with Crippen LogP contribution in [0.1, 0.15) is 39.5 Å². The second kappa shape index (κ2) is 12.1. The first-order chi connectivity index (χ1) is 6.91. The Kier molecular flexibility index (Phi) is 11.3. The largest absolute Gasteiger partial charge is 0.391 e. The number of allylic oxidation sites excluding steroid dienone is 2. The van der Waals surface area contributed by atoms with Crippen LogP contribution in [-0.2, 0) is 0 Å². The maximum Gasteiger partial charge on any atom is 0.0141 e. The Balaban J connectivity index is 2.92. The van der Waals surface area contributed by atoms with Gasteiger partial charge in [0.2, 0.25) is 0 Å². The van der Waals surface area contributed by atoms with E-state index in [1.807, 2.05) is 38.4 Å². The molecule has 0 amide bonds. The van der Waals surface area contributed by atoms with Crippen molar-refractivity contribution in [1.82, 2.24) is 10.6 Å². The first kappa shape index (κ1) is 13.1. The van der Waals surface area contributed by atoms with Crippen LogP contribution in [0, 0.1) is 0 Å². The highest BCUT2D eigenvalue weighted by Crippen LogP contribution is 1.97. The van der Waals surface area contributed by atoms with Gasteiger partial charge in [0, 0.05) is 13.1 Å². The summed E-state index contributed by atoms with van der Waals surface area (Å²) in [4.78, 5) is 0. The summed E-state index contributed by atoms with van der Waals surface area (Å²) in [5, 5.41) is 6.48. The Morgan fingerprint density at radius 3 is 1.50 bits per heavy atom. The molecule has 0 aromatic heterocycles. The third-order valence-electron chi connectivity index (χ3n) is 1.96. The molecule has 0 saturated carbocycles. The summed E-state index contributed by atoms with van der Waals surface area (Å²) in [6.45, 7) is 6.26. The van der Waals surface area contributed by atoms with E-state index in [1.54, 1.807) is 0 Å². The van der Waals surface area contributed by atoms with Crippen molar-refractivity contribution in [3.05, 3.63) is 24.6 Å². The molecule has 0 spiro atoms. The van der Waals surface area contributed by atoms with E-state index in [9.17, 15) is 0 Å². The van der Waals surface area contributed by atoms with E-state index >= 15 is 0 Å². The van der Waals surface area contributed by atoms with Crippen molar-refractivity contribution < 1.29 is 0 Å². The molecule has 14 heavy (non-hydrogen) atoms. The molecule has 0 bridgehead atoms. The second-order valence-corrected chi connectivity index (χ2v) is 3.32. The van der Waals surface area contributed by atoms with E-state index < -0.39 is 0 Å². The monoisotopic (exact) mass is 196 g/mol. The Labute approximate surface area is 88.5 Å². The predicted molar refractivity (Wildman–Crippen MR) is 64.1 cm³/mol.